The molecule has 0 aliphatic rings. The SMILES string of the molecule is Cc1ccsc1CNc1ncnc(N)c1C(C)C. The molecule has 2 aromatic rings. The zero-order chi connectivity index (χ0) is 13.1. The van der Waals surface area contributed by atoms with Crippen molar-refractivity contribution < 1.29 is 0 Å². The van der Waals surface area contributed by atoms with Crippen LogP contribution in [0.3, 0.4) is 0 Å². The Morgan fingerprint density at radius 1 is 1.39 bits per heavy atom. The highest BCUT2D eigenvalue weighted by Gasteiger charge is 2.12. The Bertz CT molecular complexity index is 534. The molecule has 4 nitrogen and oxygen atoms in total. The molecule has 2 rings (SSSR count). The Morgan fingerprint density at radius 3 is 2.78 bits per heavy atom. The second-order valence-electron chi connectivity index (χ2n) is 4.56. The molecule has 0 atom stereocenters. The summed E-state index contributed by atoms with van der Waals surface area (Å²) < 4.78 is 0. The van der Waals surface area contributed by atoms with Crippen LogP contribution in [0.15, 0.2) is 17.8 Å². The first-order valence-electron chi connectivity index (χ1n) is 5.96. The van der Waals surface area contributed by atoms with E-state index in [0.29, 0.717) is 11.7 Å². The van der Waals surface area contributed by atoms with Crippen molar-refractivity contribution in [1.29, 1.82) is 0 Å². The Balaban J connectivity index is 2.19. The van der Waals surface area contributed by atoms with E-state index in [-0.39, 0.29) is 0 Å². The van der Waals surface area contributed by atoms with Crippen LogP contribution in [0.4, 0.5) is 11.6 Å². The Labute approximate surface area is 111 Å². The molecule has 96 valence electrons. The molecular weight excluding hydrogens is 244 g/mol. The van der Waals surface area contributed by atoms with Gasteiger partial charge in [-0.25, -0.2) is 9.97 Å². The number of nitrogen functional groups attached to an aromatic ring is 1. The summed E-state index contributed by atoms with van der Waals surface area (Å²) in [5.41, 5.74) is 8.21. The number of anilines is 2. The maximum atomic E-state index is 5.91. The molecule has 0 fully saturated rings. The van der Waals surface area contributed by atoms with Gasteiger partial charge >= 0.3 is 0 Å². The third-order valence-electron chi connectivity index (χ3n) is 2.88. The third-order valence-corrected chi connectivity index (χ3v) is 3.90. The Kier molecular flexibility index (Phi) is 3.81. The minimum absolute atomic E-state index is 0.304. The van der Waals surface area contributed by atoms with E-state index in [1.165, 1.54) is 16.8 Å². The summed E-state index contributed by atoms with van der Waals surface area (Å²) in [6.45, 7) is 7.08. The van der Waals surface area contributed by atoms with Gasteiger partial charge in [-0.1, -0.05) is 13.8 Å². The third kappa shape index (κ3) is 2.61. The maximum Gasteiger partial charge on any atom is 0.135 e. The molecule has 18 heavy (non-hydrogen) atoms. The predicted octanol–water partition coefficient (Wildman–Crippen LogP) is 3.16. The van der Waals surface area contributed by atoms with E-state index in [2.05, 4.69) is 47.5 Å². The van der Waals surface area contributed by atoms with Crippen molar-refractivity contribution in [2.24, 2.45) is 0 Å². The molecule has 0 aromatic carbocycles. The van der Waals surface area contributed by atoms with Gasteiger partial charge in [-0.3, -0.25) is 0 Å². The fourth-order valence-electron chi connectivity index (χ4n) is 1.87. The fraction of sp³-hybridized carbons (Fsp3) is 0.385. The van der Waals surface area contributed by atoms with Crippen molar-refractivity contribution in [3.05, 3.63) is 33.8 Å². The summed E-state index contributed by atoms with van der Waals surface area (Å²) in [6.07, 6.45) is 1.50. The van der Waals surface area contributed by atoms with Gasteiger partial charge in [-0.05, 0) is 29.9 Å². The second-order valence-corrected chi connectivity index (χ2v) is 5.56. The van der Waals surface area contributed by atoms with Gasteiger partial charge in [0, 0.05) is 10.4 Å². The highest BCUT2D eigenvalue weighted by atomic mass is 32.1. The molecule has 2 heterocycles. The fourth-order valence-corrected chi connectivity index (χ4v) is 2.71. The number of aryl methyl sites for hydroxylation is 1. The van der Waals surface area contributed by atoms with Crippen molar-refractivity contribution in [2.75, 3.05) is 11.1 Å². The number of hydrogen-bond donors (Lipinski definition) is 2. The van der Waals surface area contributed by atoms with Crippen LogP contribution >= 0.6 is 11.3 Å². The first kappa shape index (κ1) is 12.8. The average Bonchev–Trinajstić information content (AvgIpc) is 2.71. The van der Waals surface area contributed by atoms with E-state index in [0.717, 1.165) is 17.9 Å². The van der Waals surface area contributed by atoms with Gasteiger partial charge in [0.25, 0.3) is 0 Å². The minimum Gasteiger partial charge on any atom is -0.383 e. The lowest BCUT2D eigenvalue weighted by Crippen LogP contribution is -2.09. The van der Waals surface area contributed by atoms with Gasteiger partial charge in [-0.2, -0.15) is 0 Å². The summed E-state index contributed by atoms with van der Waals surface area (Å²) in [5, 5.41) is 5.46. The molecule has 0 saturated heterocycles. The molecule has 0 saturated carbocycles. The van der Waals surface area contributed by atoms with E-state index in [1.54, 1.807) is 11.3 Å². The van der Waals surface area contributed by atoms with Crippen molar-refractivity contribution in [2.45, 2.75) is 33.2 Å². The van der Waals surface area contributed by atoms with Crippen LogP contribution in [0.25, 0.3) is 0 Å². The molecule has 0 aliphatic carbocycles. The summed E-state index contributed by atoms with van der Waals surface area (Å²) in [6, 6.07) is 2.12. The zero-order valence-electron chi connectivity index (χ0n) is 10.9. The van der Waals surface area contributed by atoms with Crippen molar-refractivity contribution >= 4 is 23.0 Å². The van der Waals surface area contributed by atoms with E-state index >= 15 is 0 Å². The summed E-state index contributed by atoms with van der Waals surface area (Å²) in [5.74, 6) is 1.70. The predicted molar refractivity (Wildman–Crippen MR) is 76.9 cm³/mol. The Morgan fingerprint density at radius 2 is 2.17 bits per heavy atom. The quantitative estimate of drug-likeness (QED) is 0.888. The maximum absolute atomic E-state index is 5.91. The number of thiophene rings is 1. The molecule has 2 aromatic heterocycles. The van der Waals surface area contributed by atoms with Crippen LogP contribution in [0.2, 0.25) is 0 Å². The molecule has 5 heteroatoms. The zero-order valence-corrected chi connectivity index (χ0v) is 11.7. The van der Waals surface area contributed by atoms with E-state index in [1.807, 2.05) is 0 Å². The summed E-state index contributed by atoms with van der Waals surface area (Å²) in [7, 11) is 0. The molecule has 0 unspecified atom stereocenters. The second kappa shape index (κ2) is 5.35. The van der Waals surface area contributed by atoms with Gasteiger partial charge in [0.2, 0.25) is 0 Å². The van der Waals surface area contributed by atoms with E-state index < -0.39 is 0 Å². The molecule has 0 aliphatic heterocycles. The van der Waals surface area contributed by atoms with Gasteiger partial charge in [0.05, 0.1) is 6.54 Å². The number of nitrogens with two attached hydrogens (primary N) is 1. The van der Waals surface area contributed by atoms with E-state index in [4.69, 9.17) is 5.73 Å². The minimum atomic E-state index is 0.304. The van der Waals surface area contributed by atoms with Crippen molar-refractivity contribution in [1.82, 2.24) is 9.97 Å². The normalized spacial score (nSPS) is 10.9. The molecular formula is C13H18N4S. The number of hydrogen-bond acceptors (Lipinski definition) is 5. The first-order valence-corrected chi connectivity index (χ1v) is 6.84. The van der Waals surface area contributed by atoms with Crippen LogP contribution in [0.1, 0.15) is 35.8 Å². The van der Waals surface area contributed by atoms with Gasteiger partial charge in [0.1, 0.15) is 18.0 Å². The standard InChI is InChI=1S/C13H18N4S/c1-8(2)11-12(14)16-7-17-13(11)15-6-10-9(3)4-5-18-10/h4-5,7-8H,6H2,1-3H3,(H3,14,15,16,17). The Hall–Kier alpha value is -1.62. The van der Waals surface area contributed by atoms with Crippen LogP contribution in [0.5, 0.6) is 0 Å². The summed E-state index contributed by atoms with van der Waals surface area (Å²) in [4.78, 5) is 9.67. The molecule has 0 amide bonds. The smallest absolute Gasteiger partial charge is 0.135 e. The van der Waals surface area contributed by atoms with Gasteiger partial charge in [-0.15, -0.1) is 11.3 Å². The van der Waals surface area contributed by atoms with Crippen LogP contribution in [0, 0.1) is 6.92 Å². The summed E-state index contributed by atoms with van der Waals surface area (Å²) >= 11 is 1.75. The molecule has 0 spiro atoms. The van der Waals surface area contributed by atoms with Gasteiger partial charge in [0.15, 0.2) is 0 Å². The highest BCUT2D eigenvalue weighted by Crippen LogP contribution is 2.27. The highest BCUT2D eigenvalue weighted by molar-refractivity contribution is 7.10. The number of aromatic nitrogens is 2. The number of rotatable bonds is 4. The van der Waals surface area contributed by atoms with E-state index in [9.17, 15) is 0 Å². The topological polar surface area (TPSA) is 63.8 Å². The first-order chi connectivity index (χ1) is 8.59. The number of nitrogens with zero attached hydrogens (tertiary/aromatic N) is 2. The molecule has 3 N–H and O–H groups in total. The lowest BCUT2D eigenvalue weighted by Gasteiger charge is -2.14. The lowest BCUT2D eigenvalue weighted by molar-refractivity contribution is 0.849. The average molecular weight is 262 g/mol. The van der Waals surface area contributed by atoms with Gasteiger partial charge < -0.3 is 11.1 Å². The monoisotopic (exact) mass is 262 g/mol. The lowest BCUT2D eigenvalue weighted by atomic mass is 10.0. The molecule has 0 bridgehead atoms. The number of nitrogens with one attached hydrogen (secondary N) is 1. The van der Waals surface area contributed by atoms with Crippen LogP contribution in [-0.2, 0) is 6.54 Å². The van der Waals surface area contributed by atoms with Crippen molar-refractivity contribution in [3.63, 3.8) is 0 Å². The largest absolute Gasteiger partial charge is 0.383 e. The van der Waals surface area contributed by atoms with Crippen LogP contribution < -0.4 is 11.1 Å². The molecule has 0 radical (unpaired) electrons. The van der Waals surface area contributed by atoms with Crippen molar-refractivity contribution in [3.8, 4) is 0 Å². The van der Waals surface area contributed by atoms with Crippen LogP contribution in [-0.4, -0.2) is 9.97 Å².